The van der Waals surface area contributed by atoms with E-state index in [0.717, 1.165) is 30.0 Å². The summed E-state index contributed by atoms with van der Waals surface area (Å²) in [4.78, 5) is 29.4. The minimum Gasteiger partial charge on any atom is -0.396 e. The van der Waals surface area contributed by atoms with E-state index in [1.807, 2.05) is 0 Å². The Hall–Kier alpha value is -2.58. The van der Waals surface area contributed by atoms with Gasteiger partial charge in [0.15, 0.2) is 10.9 Å². The van der Waals surface area contributed by atoms with Crippen molar-refractivity contribution in [2.75, 3.05) is 12.4 Å². The van der Waals surface area contributed by atoms with E-state index in [1.165, 1.54) is 4.57 Å². The Labute approximate surface area is 157 Å². The first-order valence-electron chi connectivity index (χ1n) is 8.22. The van der Waals surface area contributed by atoms with Crippen LogP contribution in [0.3, 0.4) is 0 Å². The van der Waals surface area contributed by atoms with Crippen LogP contribution in [-0.4, -0.2) is 32.8 Å². The molecular formula is C19H16F2N2O3S. The Morgan fingerprint density at radius 2 is 1.96 bits per heavy atom. The van der Waals surface area contributed by atoms with Gasteiger partial charge in [0.25, 0.3) is 5.56 Å². The smallest absolute Gasteiger partial charge is 0.262 e. The van der Waals surface area contributed by atoms with Gasteiger partial charge in [-0.05, 0) is 36.8 Å². The predicted octanol–water partition coefficient (Wildman–Crippen LogP) is 3.03. The van der Waals surface area contributed by atoms with E-state index in [0.29, 0.717) is 17.3 Å². The maximum atomic E-state index is 13.8. The zero-order valence-electron chi connectivity index (χ0n) is 14.2. The van der Waals surface area contributed by atoms with Crippen LogP contribution >= 0.6 is 11.8 Å². The third-order valence-corrected chi connectivity index (χ3v) is 4.90. The first kappa shape index (κ1) is 19.2. The van der Waals surface area contributed by atoms with E-state index in [1.54, 1.807) is 24.3 Å². The van der Waals surface area contributed by atoms with Crippen LogP contribution in [0.15, 0.2) is 52.4 Å². The fourth-order valence-corrected chi connectivity index (χ4v) is 3.51. The molecule has 0 bridgehead atoms. The van der Waals surface area contributed by atoms with Gasteiger partial charge in [-0.1, -0.05) is 23.9 Å². The summed E-state index contributed by atoms with van der Waals surface area (Å²) >= 11 is 0.976. The number of aliphatic hydroxyl groups is 1. The molecule has 8 heteroatoms. The molecule has 0 atom stereocenters. The van der Waals surface area contributed by atoms with Crippen molar-refractivity contribution in [1.29, 1.82) is 0 Å². The van der Waals surface area contributed by atoms with Crippen LogP contribution in [-0.2, 0) is 6.54 Å². The number of ketones is 1. The van der Waals surface area contributed by atoms with E-state index in [4.69, 9.17) is 5.11 Å². The number of halogens is 2. The summed E-state index contributed by atoms with van der Waals surface area (Å²) in [5, 5.41) is 9.79. The number of rotatable bonds is 7. The number of carbonyl (C=O) groups excluding carboxylic acids is 1. The van der Waals surface area contributed by atoms with Gasteiger partial charge in [0, 0.05) is 13.2 Å². The summed E-state index contributed by atoms with van der Waals surface area (Å²) in [5.41, 5.74) is -0.136. The van der Waals surface area contributed by atoms with Gasteiger partial charge >= 0.3 is 0 Å². The number of thioether (sulfide) groups is 1. The average Bonchev–Trinajstić information content (AvgIpc) is 2.67. The fraction of sp³-hybridized carbons (Fsp3) is 0.211. The van der Waals surface area contributed by atoms with Crippen molar-refractivity contribution in [3.8, 4) is 0 Å². The highest BCUT2D eigenvalue weighted by atomic mass is 32.2. The van der Waals surface area contributed by atoms with E-state index in [2.05, 4.69) is 4.98 Å². The molecule has 1 N–H and O–H groups in total. The number of aromatic nitrogens is 2. The molecule has 0 radical (unpaired) electrons. The minimum atomic E-state index is -0.800. The molecule has 0 amide bonds. The van der Waals surface area contributed by atoms with Crippen LogP contribution < -0.4 is 5.56 Å². The van der Waals surface area contributed by atoms with Crippen molar-refractivity contribution >= 4 is 28.4 Å². The Morgan fingerprint density at radius 1 is 1.19 bits per heavy atom. The van der Waals surface area contributed by atoms with E-state index < -0.39 is 17.4 Å². The topological polar surface area (TPSA) is 72.2 Å². The number of hydrogen-bond acceptors (Lipinski definition) is 5. The van der Waals surface area contributed by atoms with Gasteiger partial charge in [-0.2, -0.15) is 0 Å². The molecule has 0 aliphatic carbocycles. The van der Waals surface area contributed by atoms with Crippen LogP contribution in [0.25, 0.3) is 10.9 Å². The molecule has 1 aromatic heterocycles. The van der Waals surface area contributed by atoms with Crippen molar-refractivity contribution < 1.29 is 18.7 Å². The summed E-state index contributed by atoms with van der Waals surface area (Å²) in [6.07, 6.45) is 0.347. The summed E-state index contributed by atoms with van der Waals surface area (Å²) in [7, 11) is 0. The monoisotopic (exact) mass is 390 g/mol. The molecule has 3 aromatic rings. The second-order valence-corrected chi connectivity index (χ2v) is 6.72. The maximum Gasteiger partial charge on any atom is 0.262 e. The molecule has 0 unspecified atom stereocenters. The molecule has 1 heterocycles. The molecule has 0 aliphatic rings. The van der Waals surface area contributed by atoms with Gasteiger partial charge < -0.3 is 5.11 Å². The number of Topliss-reactive ketones (excluding diaryl/α,β-unsaturated/α-hetero) is 1. The summed E-state index contributed by atoms with van der Waals surface area (Å²) in [5.74, 6) is -2.31. The number of nitrogens with zero attached hydrogens (tertiary/aromatic N) is 2. The third-order valence-electron chi connectivity index (χ3n) is 3.93. The van der Waals surface area contributed by atoms with Crippen molar-refractivity contribution in [2.45, 2.75) is 18.1 Å². The first-order chi connectivity index (χ1) is 13.0. The minimum absolute atomic E-state index is 0.100. The normalized spacial score (nSPS) is 11.1. The van der Waals surface area contributed by atoms with Crippen molar-refractivity contribution in [3.63, 3.8) is 0 Å². The van der Waals surface area contributed by atoms with E-state index >= 15 is 0 Å². The van der Waals surface area contributed by atoms with Crippen LogP contribution in [0.5, 0.6) is 0 Å². The van der Waals surface area contributed by atoms with Crippen LogP contribution in [0.1, 0.15) is 16.8 Å². The summed E-state index contributed by atoms with van der Waals surface area (Å²) < 4.78 is 28.5. The standard InChI is InChI=1S/C19H16F2N2O3S/c20-12-6-7-15(21)14(10-12)17(25)11-27-19-22-16-5-2-1-4-13(16)18(26)23(19)8-3-9-24/h1-2,4-7,10,24H,3,8-9,11H2. The van der Waals surface area contributed by atoms with Crippen molar-refractivity contribution in [2.24, 2.45) is 0 Å². The average molecular weight is 390 g/mol. The number of carbonyl (C=O) groups is 1. The third kappa shape index (κ3) is 4.23. The summed E-state index contributed by atoms with van der Waals surface area (Å²) in [6, 6.07) is 9.51. The molecule has 3 rings (SSSR count). The Balaban J connectivity index is 1.92. The SMILES string of the molecule is O=C(CSc1nc2ccccc2c(=O)n1CCCO)c1cc(F)ccc1F. The van der Waals surface area contributed by atoms with E-state index in [9.17, 15) is 18.4 Å². The maximum absolute atomic E-state index is 13.8. The number of para-hydroxylation sites is 1. The quantitative estimate of drug-likeness (QED) is 0.381. The van der Waals surface area contributed by atoms with Gasteiger partial charge in [-0.3, -0.25) is 14.2 Å². The Bertz CT molecular complexity index is 1050. The lowest BCUT2D eigenvalue weighted by molar-refractivity contribution is 0.101. The van der Waals surface area contributed by atoms with Gasteiger partial charge in [0.1, 0.15) is 11.6 Å². The lowest BCUT2D eigenvalue weighted by Gasteiger charge is -2.12. The van der Waals surface area contributed by atoms with Gasteiger partial charge in [-0.25, -0.2) is 13.8 Å². The second-order valence-electron chi connectivity index (χ2n) is 5.78. The molecule has 2 aromatic carbocycles. The number of aliphatic hydroxyl groups excluding tert-OH is 1. The van der Waals surface area contributed by atoms with Crippen LogP contribution in [0, 0.1) is 11.6 Å². The van der Waals surface area contributed by atoms with Crippen LogP contribution in [0.2, 0.25) is 0 Å². The zero-order valence-corrected chi connectivity index (χ0v) is 15.0. The molecule has 0 saturated heterocycles. The zero-order chi connectivity index (χ0) is 19.4. The predicted molar refractivity (Wildman–Crippen MR) is 99.1 cm³/mol. The number of benzene rings is 2. The lowest BCUT2D eigenvalue weighted by Crippen LogP contribution is -2.24. The highest BCUT2D eigenvalue weighted by molar-refractivity contribution is 7.99. The fourth-order valence-electron chi connectivity index (χ4n) is 2.60. The number of hydrogen-bond donors (Lipinski definition) is 1. The molecule has 0 saturated carbocycles. The molecule has 140 valence electrons. The Morgan fingerprint density at radius 3 is 2.74 bits per heavy atom. The van der Waals surface area contributed by atoms with Gasteiger partial charge in [0.05, 0.1) is 22.2 Å². The second kappa shape index (κ2) is 8.41. The molecule has 5 nitrogen and oxygen atoms in total. The van der Waals surface area contributed by atoms with E-state index in [-0.39, 0.29) is 35.2 Å². The molecule has 0 spiro atoms. The first-order valence-corrected chi connectivity index (χ1v) is 9.21. The van der Waals surface area contributed by atoms with Crippen molar-refractivity contribution in [3.05, 3.63) is 70.0 Å². The van der Waals surface area contributed by atoms with Crippen LogP contribution in [0.4, 0.5) is 8.78 Å². The Kier molecular flexibility index (Phi) is 5.98. The summed E-state index contributed by atoms with van der Waals surface area (Å²) in [6.45, 7) is 0.134. The molecular weight excluding hydrogens is 374 g/mol. The highest BCUT2D eigenvalue weighted by Gasteiger charge is 2.16. The lowest BCUT2D eigenvalue weighted by atomic mass is 10.1. The number of fused-ring (bicyclic) bond motifs is 1. The molecule has 27 heavy (non-hydrogen) atoms. The van der Waals surface area contributed by atoms with Crippen molar-refractivity contribution in [1.82, 2.24) is 9.55 Å². The largest absolute Gasteiger partial charge is 0.396 e. The highest BCUT2D eigenvalue weighted by Crippen LogP contribution is 2.20. The van der Waals surface area contributed by atoms with Gasteiger partial charge in [0.2, 0.25) is 0 Å². The molecule has 0 aliphatic heterocycles. The van der Waals surface area contributed by atoms with Gasteiger partial charge in [-0.15, -0.1) is 0 Å². The molecule has 0 fully saturated rings.